The third-order valence-corrected chi connectivity index (χ3v) is 1.84. The van der Waals surface area contributed by atoms with Crippen LogP contribution < -0.4 is 0 Å². The zero-order valence-electron chi connectivity index (χ0n) is 6.59. The van der Waals surface area contributed by atoms with E-state index in [0.717, 1.165) is 12.3 Å². The first-order valence-corrected chi connectivity index (χ1v) is 3.80. The maximum absolute atomic E-state index is 3.88. The van der Waals surface area contributed by atoms with Crippen molar-refractivity contribution in [1.82, 2.24) is 10.2 Å². The highest BCUT2D eigenvalue weighted by Gasteiger charge is 2.00. The fourth-order valence-corrected chi connectivity index (χ4v) is 0.936. The molecule has 0 saturated carbocycles. The Morgan fingerprint density at radius 1 is 1.70 bits per heavy atom. The number of aromatic amines is 1. The van der Waals surface area contributed by atoms with E-state index in [2.05, 4.69) is 24.0 Å². The normalized spacial score (nSPS) is 13.4. The highest BCUT2D eigenvalue weighted by Crippen LogP contribution is 2.08. The molecule has 0 aliphatic heterocycles. The Morgan fingerprint density at radius 2 is 2.50 bits per heavy atom. The molecular formula is C8H14N2. The van der Waals surface area contributed by atoms with Gasteiger partial charge in [-0.15, -0.1) is 0 Å². The topological polar surface area (TPSA) is 28.7 Å². The Kier molecular flexibility index (Phi) is 2.49. The summed E-state index contributed by atoms with van der Waals surface area (Å²) >= 11 is 0. The summed E-state index contributed by atoms with van der Waals surface area (Å²) in [5, 5.41) is 6.69. The van der Waals surface area contributed by atoms with Gasteiger partial charge in [0, 0.05) is 6.20 Å². The van der Waals surface area contributed by atoms with E-state index in [-0.39, 0.29) is 0 Å². The zero-order chi connectivity index (χ0) is 7.40. The van der Waals surface area contributed by atoms with E-state index in [1.54, 1.807) is 0 Å². The Bertz CT molecular complexity index is 167. The van der Waals surface area contributed by atoms with E-state index < -0.39 is 0 Å². The van der Waals surface area contributed by atoms with Gasteiger partial charge in [0.25, 0.3) is 0 Å². The fourth-order valence-electron chi connectivity index (χ4n) is 0.936. The first kappa shape index (κ1) is 7.32. The predicted molar refractivity (Wildman–Crippen MR) is 41.7 cm³/mol. The molecule has 0 aliphatic carbocycles. The quantitative estimate of drug-likeness (QED) is 0.680. The van der Waals surface area contributed by atoms with Crippen LogP contribution in [-0.2, 0) is 6.42 Å². The van der Waals surface area contributed by atoms with Crippen LogP contribution in [0.3, 0.4) is 0 Å². The first-order chi connectivity index (χ1) is 4.83. The van der Waals surface area contributed by atoms with Crippen LogP contribution >= 0.6 is 0 Å². The molecule has 1 aromatic heterocycles. The monoisotopic (exact) mass is 138 g/mol. The molecule has 0 fully saturated rings. The second-order valence-electron chi connectivity index (χ2n) is 2.82. The van der Waals surface area contributed by atoms with Gasteiger partial charge in [0.1, 0.15) is 0 Å². The standard InChI is InChI=1S/C8H14N2/c1-3-7(2)4-8-5-9-10-6-8/h5-7H,3-4H2,1-2H3,(H,9,10). The van der Waals surface area contributed by atoms with Gasteiger partial charge in [0.15, 0.2) is 0 Å². The van der Waals surface area contributed by atoms with Crippen molar-refractivity contribution in [1.29, 1.82) is 0 Å². The smallest absolute Gasteiger partial charge is 0.0519 e. The predicted octanol–water partition coefficient (Wildman–Crippen LogP) is 2.00. The molecule has 1 aromatic rings. The summed E-state index contributed by atoms with van der Waals surface area (Å²) in [5.41, 5.74) is 1.31. The second kappa shape index (κ2) is 3.40. The number of nitrogens with zero attached hydrogens (tertiary/aromatic N) is 1. The van der Waals surface area contributed by atoms with Crippen molar-refractivity contribution >= 4 is 0 Å². The summed E-state index contributed by atoms with van der Waals surface area (Å²) in [6.45, 7) is 4.47. The lowest BCUT2D eigenvalue weighted by molar-refractivity contribution is 0.560. The summed E-state index contributed by atoms with van der Waals surface area (Å²) in [6.07, 6.45) is 6.25. The minimum absolute atomic E-state index is 0.776. The average molecular weight is 138 g/mol. The van der Waals surface area contributed by atoms with Gasteiger partial charge < -0.3 is 0 Å². The molecule has 1 heterocycles. The lowest BCUT2D eigenvalue weighted by atomic mass is 10.0. The molecule has 2 heteroatoms. The number of H-pyrrole nitrogens is 1. The lowest BCUT2D eigenvalue weighted by Gasteiger charge is -2.03. The van der Waals surface area contributed by atoms with E-state index in [1.165, 1.54) is 12.0 Å². The highest BCUT2D eigenvalue weighted by atomic mass is 15.1. The Morgan fingerprint density at radius 3 is 3.00 bits per heavy atom. The van der Waals surface area contributed by atoms with Gasteiger partial charge in [-0.1, -0.05) is 20.3 Å². The van der Waals surface area contributed by atoms with Gasteiger partial charge in [-0.2, -0.15) is 5.10 Å². The number of nitrogens with one attached hydrogen (secondary N) is 1. The minimum atomic E-state index is 0.776. The van der Waals surface area contributed by atoms with E-state index >= 15 is 0 Å². The molecule has 56 valence electrons. The molecule has 1 atom stereocenters. The molecule has 1 N–H and O–H groups in total. The van der Waals surface area contributed by atoms with Crippen molar-refractivity contribution in [2.24, 2.45) is 5.92 Å². The van der Waals surface area contributed by atoms with Gasteiger partial charge in [0.2, 0.25) is 0 Å². The van der Waals surface area contributed by atoms with E-state index in [4.69, 9.17) is 0 Å². The van der Waals surface area contributed by atoms with Gasteiger partial charge in [-0.3, -0.25) is 5.10 Å². The molecule has 1 unspecified atom stereocenters. The molecular weight excluding hydrogens is 124 g/mol. The molecule has 0 spiro atoms. The Labute approximate surface area is 61.7 Å². The van der Waals surface area contributed by atoms with Crippen molar-refractivity contribution < 1.29 is 0 Å². The SMILES string of the molecule is CCC(C)Cc1cn[nH]c1. The van der Waals surface area contributed by atoms with Crippen LogP contribution in [0.4, 0.5) is 0 Å². The summed E-state index contributed by atoms with van der Waals surface area (Å²) in [4.78, 5) is 0. The van der Waals surface area contributed by atoms with Gasteiger partial charge >= 0.3 is 0 Å². The first-order valence-electron chi connectivity index (χ1n) is 3.80. The van der Waals surface area contributed by atoms with Crippen LogP contribution in [0.5, 0.6) is 0 Å². The third kappa shape index (κ3) is 1.87. The highest BCUT2D eigenvalue weighted by molar-refractivity contribution is 5.02. The number of hydrogen-bond acceptors (Lipinski definition) is 1. The van der Waals surface area contributed by atoms with E-state index in [9.17, 15) is 0 Å². The number of aromatic nitrogens is 2. The van der Waals surface area contributed by atoms with Crippen LogP contribution in [0, 0.1) is 5.92 Å². The molecule has 2 nitrogen and oxygen atoms in total. The van der Waals surface area contributed by atoms with Crippen LogP contribution in [0.2, 0.25) is 0 Å². The van der Waals surface area contributed by atoms with Crippen molar-refractivity contribution in [3.8, 4) is 0 Å². The summed E-state index contributed by atoms with van der Waals surface area (Å²) in [7, 11) is 0. The van der Waals surface area contributed by atoms with Crippen molar-refractivity contribution in [2.45, 2.75) is 26.7 Å². The maximum Gasteiger partial charge on any atom is 0.0519 e. The maximum atomic E-state index is 3.88. The Balaban J connectivity index is 2.40. The van der Waals surface area contributed by atoms with Crippen molar-refractivity contribution in [3.63, 3.8) is 0 Å². The molecule has 1 rings (SSSR count). The van der Waals surface area contributed by atoms with Gasteiger partial charge in [-0.05, 0) is 17.9 Å². The molecule has 0 amide bonds. The molecule has 0 radical (unpaired) electrons. The molecule has 0 aromatic carbocycles. The van der Waals surface area contributed by atoms with Crippen LogP contribution in [0.15, 0.2) is 12.4 Å². The summed E-state index contributed by atoms with van der Waals surface area (Å²) < 4.78 is 0. The van der Waals surface area contributed by atoms with E-state index in [1.807, 2.05) is 12.4 Å². The van der Waals surface area contributed by atoms with Gasteiger partial charge in [-0.25, -0.2) is 0 Å². The fraction of sp³-hybridized carbons (Fsp3) is 0.625. The van der Waals surface area contributed by atoms with Crippen LogP contribution in [0.1, 0.15) is 25.8 Å². The third-order valence-electron chi connectivity index (χ3n) is 1.84. The number of rotatable bonds is 3. The Hall–Kier alpha value is -0.790. The number of hydrogen-bond donors (Lipinski definition) is 1. The summed E-state index contributed by atoms with van der Waals surface area (Å²) in [6, 6.07) is 0. The molecule has 0 saturated heterocycles. The van der Waals surface area contributed by atoms with Crippen molar-refractivity contribution in [3.05, 3.63) is 18.0 Å². The average Bonchev–Trinajstić information content (AvgIpc) is 2.40. The summed E-state index contributed by atoms with van der Waals surface area (Å²) in [5.74, 6) is 0.776. The molecule has 0 bridgehead atoms. The van der Waals surface area contributed by atoms with Crippen LogP contribution in [0.25, 0.3) is 0 Å². The largest absolute Gasteiger partial charge is 0.285 e. The lowest BCUT2D eigenvalue weighted by Crippen LogP contribution is -1.95. The second-order valence-corrected chi connectivity index (χ2v) is 2.82. The van der Waals surface area contributed by atoms with Crippen molar-refractivity contribution in [2.75, 3.05) is 0 Å². The zero-order valence-corrected chi connectivity index (χ0v) is 6.59. The van der Waals surface area contributed by atoms with E-state index in [0.29, 0.717) is 0 Å². The minimum Gasteiger partial charge on any atom is -0.285 e. The molecule has 10 heavy (non-hydrogen) atoms. The molecule has 0 aliphatic rings. The van der Waals surface area contributed by atoms with Crippen LogP contribution in [-0.4, -0.2) is 10.2 Å². The van der Waals surface area contributed by atoms with Gasteiger partial charge in [0.05, 0.1) is 6.20 Å².